The third-order valence-electron chi connectivity index (χ3n) is 4.24. The summed E-state index contributed by atoms with van der Waals surface area (Å²) in [5, 5.41) is 3.97. The minimum atomic E-state index is 0.00466. The van der Waals surface area contributed by atoms with Gasteiger partial charge in [0, 0.05) is 5.56 Å². The molecule has 122 valence electrons. The lowest BCUT2D eigenvalue weighted by Gasteiger charge is -2.22. The fourth-order valence-corrected chi connectivity index (χ4v) is 3.15. The maximum atomic E-state index is 6.27. The zero-order valence-electron chi connectivity index (χ0n) is 13.6. The number of hydrogen-bond acceptors (Lipinski definition) is 2. The number of amidine groups is 1. The van der Waals surface area contributed by atoms with Crippen LogP contribution in [0.25, 0.3) is 11.1 Å². The number of aliphatic imine (C=N–C) groups is 1. The maximum Gasteiger partial charge on any atom is 0.135 e. The van der Waals surface area contributed by atoms with Crippen LogP contribution in [0.2, 0.25) is 0 Å². The summed E-state index contributed by atoms with van der Waals surface area (Å²) in [4.78, 5) is 4.43. The van der Waals surface area contributed by atoms with Crippen LogP contribution in [0.1, 0.15) is 17.2 Å². The van der Waals surface area contributed by atoms with Crippen LogP contribution in [-0.2, 0) is 0 Å². The first-order valence-electron chi connectivity index (χ1n) is 8.23. The van der Waals surface area contributed by atoms with E-state index in [0.717, 1.165) is 17.0 Å². The standard InChI is InChI=1S/C22H17ClN2/c23-21-15-20(24-22(25-21)19-9-5-2-6-10-19)18-13-11-17(12-14-18)16-7-3-1-4-8-16/h1-15,20H,(H,24,25). The second kappa shape index (κ2) is 6.96. The van der Waals surface area contributed by atoms with E-state index in [1.165, 1.54) is 11.1 Å². The number of nitrogens with one attached hydrogen (secondary N) is 1. The molecule has 0 spiro atoms. The van der Waals surface area contributed by atoms with Gasteiger partial charge in [-0.05, 0) is 22.8 Å². The summed E-state index contributed by atoms with van der Waals surface area (Å²) in [6.45, 7) is 0. The van der Waals surface area contributed by atoms with Crippen molar-refractivity contribution in [3.63, 3.8) is 0 Å². The predicted molar refractivity (Wildman–Crippen MR) is 105 cm³/mol. The Morgan fingerprint density at radius 2 is 1.24 bits per heavy atom. The van der Waals surface area contributed by atoms with Crippen LogP contribution < -0.4 is 5.32 Å². The van der Waals surface area contributed by atoms with E-state index in [-0.39, 0.29) is 6.04 Å². The van der Waals surface area contributed by atoms with Gasteiger partial charge in [0.1, 0.15) is 11.0 Å². The van der Waals surface area contributed by atoms with E-state index in [4.69, 9.17) is 11.6 Å². The minimum absolute atomic E-state index is 0.00466. The molecule has 1 heterocycles. The molecule has 0 fully saturated rings. The highest BCUT2D eigenvalue weighted by Gasteiger charge is 2.17. The van der Waals surface area contributed by atoms with Gasteiger partial charge in [0.25, 0.3) is 0 Å². The van der Waals surface area contributed by atoms with Gasteiger partial charge in [-0.1, -0.05) is 96.5 Å². The summed E-state index contributed by atoms with van der Waals surface area (Å²) in [5.41, 5.74) is 4.60. The van der Waals surface area contributed by atoms with Crippen molar-refractivity contribution in [3.05, 3.63) is 107 Å². The fraction of sp³-hybridized carbons (Fsp3) is 0.0455. The number of nitrogens with zero attached hydrogens (tertiary/aromatic N) is 1. The van der Waals surface area contributed by atoms with Crippen molar-refractivity contribution in [1.82, 2.24) is 5.32 Å². The van der Waals surface area contributed by atoms with E-state index in [0.29, 0.717) is 5.16 Å². The van der Waals surface area contributed by atoms with E-state index in [9.17, 15) is 0 Å². The predicted octanol–water partition coefficient (Wildman–Crippen LogP) is 5.52. The van der Waals surface area contributed by atoms with Crippen molar-refractivity contribution >= 4 is 17.4 Å². The lowest BCUT2D eigenvalue weighted by molar-refractivity contribution is 0.773. The van der Waals surface area contributed by atoms with Gasteiger partial charge < -0.3 is 5.32 Å². The molecule has 4 rings (SSSR count). The Morgan fingerprint density at radius 3 is 1.88 bits per heavy atom. The van der Waals surface area contributed by atoms with Gasteiger partial charge in [-0.3, -0.25) is 0 Å². The van der Waals surface area contributed by atoms with Crippen molar-refractivity contribution in [2.45, 2.75) is 6.04 Å². The third kappa shape index (κ3) is 3.49. The average molecular weight is 345 g/mol. The first kappa shape index (κ1) is 15.7. The molecule has 3 heteroatoms. The summed E-state index contributed by atoms with van der Waals surface area (Å²) in [5.74, 6) is 0.797. The van der Waals surface area contributed by atoms with Gasteiger partial charge in [0.2, 0.25) is 0 Å². The van der Waals surface area contributed by atoms with Gasteiger partial charge in [0.15, 0.2) is 0 Å². The topological polar surface area (TPSA) is 24.4 Å². The van der Waals surface area contributed by atoms with Crippen LogP contribution in [-0.4, -0.2) is 5.84 Å². The second-order valence-corrected chi connectivity index (χ2v) is 6.31. The molecule has 3 aromatic rings. The molecule has 0 saturated carbocycles. The summed E-state index contributed by atoms with van der Waals surface area (Å²) in [6, 6.07) is 28.9. The van der Waals surface area contributed by atoms with E-state index in [1.54, 1.807) is 0 Å². The highest BCUT2D eigenvalue weighted by molar-refractivity contribution is 6.30. The molecule has 1 atom stereocenters. The highest BCUT2D eigenvalue weighted by atomic mass is 35.5. The van der Waals surface area contributed by atoms with Crippen molar-refractivity contribution in [1.29, 1.82) is 0 Å². The Kier molecular flexibility index (Phi) is 4.36. The summed E-state index contributed by atoms with van der Waals surface area (Å²) in [7, 11) is 0. The normalized spacial score (nSPS) is 16.6. The second-order valence-electron chi connectivity index (χ2n) is 5.93. The summed E-state index contributed by atoms with van der Waals surface area (Å²) < 4.78 is 0. The molecule has 3 aromatic carbocycles. The Morgan fingerprint density at radius 1 is 0.680 bits per heavy atom. The molecule has 1 aliphatic heterocycles. The zero-order chi connectivity index (χ0) is 17.1. The van der Waals surface area contributed by atoms with Gasteiger partial charge in [0.05, 0.1) is 6.04 Å². The molecule has 0 aliphatic carbocycles. The van der Waals surface area contributed by atoms with Crippen LogP contribution in [0, 0.1) is 0 Å². The first-order chi connectivity index (χ1) is 12.3. The van der Waals surface area contributed by atoms with Gasteiger partial charge >= 0.3 is 0 Å². The molecule has 0 amide bonds. The van der Waals surface area contributed by atoms with E-state index < -0.39 is 0 Å². The molecule has 1 N–H and O–H groups in total. The van der Waals surface area contributed by atoms with E-state index >= 15 is 0 Å². The average Bonchev–Trinajstić information content (AvgIpc) is 2.69. The number of halogens is 1. The molecule has 0 saturated heterocycles. The van der Waals surface area contributed by atoms with Crippen LogP contribution in [0.15, 0.2) is 101 Å². The monoisotopic (exact) mass is 344 g/mol. The summed E-state index contributed by atoms with van der Waals surface area (Å²) >= 11 is 6.27. The fourth-order valence-electron chi connectivity index (χ4n) is 2.94. The van der Waals surface area contributed by atoms with E-state index in [2.05, 4.69) is 58.8 Å². The number of hydrogen-bond donors (Lipinski definition) is 1. The molecule has 0 aromatic heterocycles. The molecule has 2 nitrogen and oxygen atoms in total. The van der Waals surface area contributed by atoms with E-state index in [1.807, 2.05) is 42.5 Å². The Balaban J connectivity index is 1.59. The quantitative estimate of drug-likeness (QED) is 0.621. The molecule has 1 aliphatic rings. The van der Waals surface area contributed by atoms with Crippen LogP contribution >= 0.6 is 11.6 Å². The maximum absolute atomic E-state index is 6.27. The lowest BCUT2D eigenvalue weighted by atomic mass is 10.00. The van der Waals surface area contributed by atoms with Gasteiger partial charge in [-0.2, -0.15) is 0 Å². The molecule has 0 radical (unpaired) electrons. The zero-order valence-corrected chi connectivity index (χ0v) is 14.3. The lowest BCUT2D eigenvalue weighted by Crippen LogP contribution is -2.30. The SMILES string of the molecule is ClC1=CC(c2ccc(-c3ccccc3)cc2)NC(c2ccccc2)=N1. The molecule has 25 heavy (non-hydrogen) atoms. The Hall–Kier alpha value is -2.84. The smallest absolute Gasteiger partial charge is 0.135 e. The Bertz CT molecular complexity index is 913. The molecular formula is C22H17ClN2. The Labute approximate surface area is 152 Å². The number of benzene rings is 3. The van der Waals surface area contributed by atoms with Crippen molar-refractivity contribution in [2.24, 2.45) is 4.99 Å². The van der Waals surface area contributed by atoms with Crippen molar-refractivity contribution < 1.29 is 0 Å². The van der Waals surface area contributed by atoms with Crippen LogP contribution in [0.5, 0.6) is 0 Å². The third-order valence-corrected chi connectivity index (χ3v) is 4.45. The molecular weight excluding hydrogens is 328 g/mol. The largest absolute Gasteiger partial charge is 0.359 e. The highest BCUT2D eigenvalue weighted by Crippen LogP contribution is 2.26. The summed E-state index contributed by atoms with van der Waals surface area (Å²) in [6.07, 6.45) is 1.94. The molecule has 1 unspecified atom stereocenters. The first-order valence-corrected chi connectivity index (χ1v) is 8.61. The van der Waals surface area contributed by atoms with Gasteiger partial charge in [-0.15, -0.1) is 0 Å². The van der Waals surface area contributed by atoms with Crippen LogP contribution in [0.4, 0.5) is 0 Å². The van der Waals surface area contributed by atoms with Crippen molar-refractivity contribution in [2.75, 3.05) is 0 Å². The minimum Gasteiger partial charge on any atom is -0.359 e. The number of rotatable bonds is 3. The van der Waals surface area contributed by atoms with Crippen molar-refractivity contribution in [3.8, 4) is 11.1 Å². The van der Waals surface area contributed by atoms with Gasteiger partial charge in [-0.25, -0.2) is 4.99 Å². The van der Waals surface area contributed by atoms with Crippen LogP contribution in [0.3, 0.4) is 0 Å². The molecule has 0 bridgehead atoms.